The van der Waals surface area contributed by atoms with Crippen LogP contribution in [0.4, 0.5) is 5.69 Å². The number of nitrogens with one attached hydrogen (secondary N) is 1. The molecule has 0 saturated heterocycles. The average Bonchev–Trinajstić information content (AvgIpc) is 2.55. The molecule has 0 bridgehead atoms. The lowest BCUT2D eigenvalue weighted by Crippen LogP contribution is -2.27. The van der Waals surface area contributed by atoms with Crippen molar-refractivity contribution in [1.29, 1.82) is 0 Å². The van der Waals surface area contributed by atoms with Gasteiger partial charge in [0.1, 0.15) is 0 Å². The second kappa shape index (κ2) is 8.64. The van der Waals surface area contributed by atoms with E-state index in [1.165, 1.54) is 0 Å². The fourth-order valence-electron chi connectivity index (χ4n) is 2.41. The lowest BCUT2D eigenvalue weighted by atomic mass is 10.1. The third kappa shape index (κ3) is 5.49. The fraction of sp³-hybridized carbons (Fsp3) is 0.263. The molecule has 0 radical (unpaired) electrons. The van der Waals surface area contributed by atoms with Gasteiger partial charge in [-0.05, 0) is 42.3 Å². The molecule has 2 rings (SSSR count). The summed E-state index contributed by atoms with van der Waals surface area (Å²) in [5, 5.41) is 2.91. The number of rotatable bonds is 6. The highest BCUT2D eigenvalue weighted by atomic mass is 79.9. The highest BCUT2D eigenvalue weighted by Gasteiger charge is 2.08. The molecule has 0 spiro atoms. The summed E-state index contributed by atoms with van der Waals surface area (Å²) in [6.07, 6.45) is 0.325. The molecular formula is C19H21BrN2O2. The van der Waals surface area contributed by atoms with Crippen LogP contribution in [0, 0.1) is 0 Å². The van der Waals surface area contributed by atoms with Crippen molar-refractivity contribution in [2.24, 2.45) is 0 Å². The van der Waals surface area contributed by atoms with Crippen LogP contribution >= 0.6 is 15.9 Å². The van der Waals surface area contributed by atoms with E-state index in [2.05, 4.69) is 21.2 Å². The Labute approximate surface area is 151 Å². The van der Waals surface area contributed by atoms with Crippen LogP contribution < -0.4 is 5.32 Å². The molecule has 0 aliphatic carbocycles. The van der Waals surface area contributed by atoms with Crippen LogP contribution in [-0.4, -0.2) is 23.3 Å². The average molecular weight is 389 g/mol. The van der Waals surface area contributed by atoms with Gasteiger partial charge in [0.25, 0.3) is 0 Å². The van der Waals surface area contributed by atoms with Gasteiger partial charge in [-0.15, -0.1) is 0 Å². The highest BCUT2D eigenvalue weighted by Crippen LogP contribution is 2.15. The zero-order valence-corrected chi connectivity index (χ0v) is 15.5. The number of carbonyl (C=O) groups is 2. The van der Waals surface area contributed by atoms with Crippen molar-refractivity contribution < 1.29 is 9.59 Å². The Bertz CT molecular complexity index is 714. The predicted molar refractivity (Wildman–Crippen MR) is 99.7 cm³/mol. The minimum Gasteiger partial charge on any atom is -0.339 e. The first-order valence-corrected chi connectivity index (χ1v) is 8.66. The second-order valence-corrected chi connectivity index (χ2v) is 6.50. The van der Waals surface area contributed by atoms with Crippen LogP contribution in [0.25, 0.3) is 0 Å². The van der Waals surface area contributed by atoms with Gasteiger partial charge >= 0.3 is 0 Å². The molecule has 0 saturated carbocycles. The lowest BCUT2D eigenvalue weighted by Gasteiger charge is -2.19. The molecular weight excluding hydrogens is 368 g/mol. The van der Waals surface area contributed by atoms with E-state index in [0.717, 1.165) is 21.3 Å². The molecule has 126 valence electrons. The summed E-state index contributed by atoms with van der Waals surface area (Å²) in [6.45, 7) is 4.72. The van der Waals surface area contributed by atoms with Crippen LogP contribution in [-0.2, 0) is 22.6 Å². The number of nitrogens with zero attached hydrogens (tertiary/aromatic N) is 1. The minimum absolute atomic E-state index is 0.0437. The van der Waals surface area contributed by atoms with Gasteiger partial charge in [-0.3, -0.25) is 9.59 Å². The van der Waals surface area contributed by atoms with Gasteiger partial charge in [-0.25, -0.2) is 0 Å². The van der Waals surface area contributed by atoms with E-state index >= 15 is 0 Å². The molecule has 5 heteroatoms. The Morgan fingerprint density at radius 2 is 1.79 bits per heavy atom. The van der Waals surface area contributed by atoms with Crippen molar-refractivity contribution in [2.75, 3.05) is 11.9 Å². The fourth-order valence-corrected chi connectivity index (χ4v) is 2.67. The second-order valence-electron chi connectivity index (χ2n) is 5.58. The maximum Gasteiger partial charge on any atom is 0.228 e. The van der Waals surface area contributed by atoms with Gasteiger partial charge in [-0.1, -0.05) is 40.2 Å². The first kappa shape index (κ1) is 18.2. The molecule has 0 unspecified atom stereocenters. The molecule has 0 aliphatic rings. The molecule has 0 heterocycles. The van der Waals surface area contributed by atoms with Gasteiger partial charge in [0.05, 0.1) is 6.42 Å². The van der Waals surface area contributed by atoms with Crippen molar-refractivity contribution in [3.63, 3.8) is 0 Å². The van der Waals surface area contributed by atoms with E-state index in [-0.39, 0.29) is 11.8 Å². The zero-order chi connectivity index (χ0) is 17.5. The zero-order valence-electron chi connectivity index (χ0n) is 13.9. The van der Waals surface area contributed by atoms with Crippen molar-refractivity contribution in [2.45, 2.75) is 26.8 Å². The standard InChI is InChI=1S/C19H21BrN2O2/c1-3-22(14(2)23)13-16-5-4-6-18(11-16)21-19(24)12-15-7-9-17(20)10-8-15/h4-11H,3,12-13H2,1-2H3,(H,21,24). The van der Waals surface area contributed by atoms with Crippen molar-refractivity contribution in [3.8, 4) is 0 Å². The van der Waals surface area contributed by atoms with E-state index in [1.807, 2.05) is 55.5 Å². The number of hydrogen-bond donors (Lipinski definition) is 1. The number of amides is 2. The van der Waals surface area contributed by atoms with Gasteiger partial charge < -0.3 is 10.2 Å². The predicted octanol–water partition coefficient (Wildman–Crippen LogP) is 4.00. The molecule has 4 nitrogen and oxygen atoms in total. The smallest absolute Gasteiger partial charge is 0.228 e. The molecule has 0 atom stereocenters. The third-order valence-corrected chi connectivity index (χ3v) is 4.22. The molecule has 24 heavy (non-hydrogen) atoms. The number of benzene rings is 2. The summed E-state index contributed by atoms with van der Waals surface area (Å²) < 4.78 is 0.991. The van der Waals surface area contributed by atoms with Crippen LogP contribution in [0.2, 0.25) is 0 Å². The SMILES string of the molecule is CCN(Cc1cccc(NC(=O)Cc2ccc(Br)cc2)c1)C(C)=O. The van der Waals surface area contributed by atoms with E-state index in [0.29, 0.717) is 19.5 Å². The number of anilines is 1. The summed E-state index contributed by atoms with van der Waals surface area (Å²) in [4.78, 5) is 25.5. The van der Waals surface area contributed by atoms with Crippen molar-refractivity contribution >= 4 is 33.4 Å². The summed E-state index contributed by atoms with van der Waals surface area (Å²) >= 11 is 3.38. The normalized spacial score (nSPS) is 10.3. The van der Waals surface area contributed by atoms with E-state index < -0.39 is 0 Å². The molecule has 2 aromatic carbocycles. The minimum atomic E-state index is -0.0617. The Kier molecular flexibility index (Phi) is 6.55. The van der Waals surface area contributed by atoms with Crippen LogP contribution in [0.3, 0.4) is 0 Å². The molecule has 2 aromatic rings. The lowest BCUT2D eigenvalue weighted by molar-refractivity contribution is -0.129. The molecule has 1 N–H and O–H groups in total. The van der Waals surface area contributed by atoms with Gasteiger partial charge in [-0.2, -0.15) is 0 Å². The van der Waals surface area contributed by atoms with Crippen molar-refractivity contribution in [1.82, 2.24) is 4.90 Å². The summed E-state index contributed by atoms with van der Waals surface area (Å²) in [6, 6.07) is 15.3. The molecule has 0 aromatic heterocycles. The number of hydrogen-bond acceptors (Lipinski definition) is 2. The monoisotopic (exact) mass is 388 g/mol. The van der Waals surface area contributed by atoms with E-state index in [1.54, 1.807) is 11.8 Å². The van der Waals surface area contributed by atoms with Gasteiger partial charge in [0, 0.05) is 30.2 Å². The van der Waals surface area contributed by atoms with E-state index in [9.17, 15) is 9.59 Å². The Morgan fingerprint density at radius 3 is 2.42 bits per heavy atom. The van der Waals surface area contributed by atoms with Gasteiger partial charge in [0.2, 0.25) is 11.8 Å². The quantitative estimate of drug-likeness (QED) is 0.812. The Hall–Kier alpha value is -2.14. The summed E-state index contributed by atoms with van der Waals surface area (Å²) in [5.74, 6) is -0.0180. The summed E-state index contributed by atoms with van der Waals surface area (Å²) in [5.41, 5.74) is 2.70. The Morgan fingerprint density at radius 1 is 1.08 bits per heavy atom. The topological polar surface area (TPSA) is 49.4 Å². The molecule has 0 fully saturated rings. The van der Waals surface area contributed by atoms with Crippen LogP contribution in [0.5, 0.6) is 0 Å². The van der Waals surface area contributed by atoms with Crippen LogP contribution in [0.15, 0.2) is 53.0 Å². The van der Waals surface area contributed by atoms with Crippen LogP contribution in [0.1, 0.15) is 25.0 Å². The molecule has 0 aliphatic heterocycles. The number of halogens is 1. The first-order valence-electron chi connectivity index (χ1n) is 7.86. The number of carbonyl (C=O) groups excluding carboxylic acids is 2. The van der Waals surface area contributed by atoms with Gasteiger partial charge in [0.15, 0.2) is 0 Å². The molecule has 2 amide bonds. The largest absolute Gasteiger partial charge is 0.339 e. The highest BCUT2D eigenvalue weighted by molar-refractivity contribution is 9.10. The third-order valence-electron chi connectivity index (χ3n) is 3.69. The Balaban J connectivity index is 1.99. The summed E-state index contributed by atoms with van der Waals surface area (Å²) in [7, 11) is 0. The first-order chi connectivity index (χ1) is 11.5. The maximum atomic E-state index is 12.2. The van der Waals surface area contributed by atoms with Crippen molar-refractivity contribution in [3.05, 3.63) is 64.1 Å². The maximum absolute atomic E-state index is 12.2. The van der Waals surface area contributed by atoms with E-state index in [4.69, 9.17) is 0 Å².